The van der Waals surface area contributed by atoms with Gasteiger partial charge in [0.2, 0.25) is 0 Å². The number of carbonyl (C=O) groups is 1. The summed E-state index contributed by atoms with van der Waals surface area (Å²) in [7, 11) is 1.68. The molecule has 0 N–H and O–H groups in total. The van der Waals surface area contributed by atoms with Gasteiger partial charge in [0.15, 0.2) is 0 Å². The topological polar surface area (TPSA) is 26.3 Å². The van der Waals surface area contributed by atoms with Crippen LogP contribution in [0.4, 0.5) is 0 Å². The molecule has 0 heterocycles. The standard InChI is InChI=1S/C13H16O2/c1-15-13-8-3-2-5-11(13)9-10-6-4-7-12(10)14/h2-3,5,8,10H,4,6-7,9H2,1H3/t10-/m1/s1. The molecule has 1 saturated carbocycles. The smallest absolute Gasteiger partial charge is 0.136 e. The largest absolute Gasteiger partial charge is 0.496 e. The number of methoxy groups -OCH3 is 1. The number of Topliss-reactive ketones (excluding diaryl/α,β-unsaturated/α-hetero) is 1. The van der Waals surface area contributed by atoms with Crippen LogP contribution in [0.2, 0.25) is 0 Å². The summed E-state index contributed by atoms with van der Waals surface area (Å²) in [5.74, 6) is 1.54. The van der Waals surface area contributed by atoms with E-state index in [1.165, 1.54) is 0 Å². The fourth-order valence-corrected chi connectivity index (χ4v) is 2.24. The monoisotopic (exact) mass is 204 g/mol. The van der Waals surface area contributed by atoms with Crippen LogP contribution in [0.3, 0.4) is 0 Å². The van der Waals surface area contributed by atoms with Crippen LogP contribution < -0.4 is 4.74 Å². The van der Waals surface area contributed by atoms with Gasteiger partial charge in [-0.3, -0.25) is 4.79 Å². The van der Waals surface area contributed by atoms with Gasteiger partial charge in [-0.25, -0.2) is 0 Å². The van der Waals surface area contributed by atoms with E-state index in [2.05, 4.69) is 0 Å². The Kier molecular flexibility index (Phi) is 3.05. The fraction of sp³-hybridized carbons (Fsp3) is 0.462. The molecule has 2 rings (SSSR count). The summed E-state index contributed by atoms with van der Waals surface area (Å²) in [6.45, 7) is 0. The number of para-hydroxylation sites is 1. The average molecular weight is 204 g/mol. The van der Waals surface area contributed by atoms with Crippen molar-refractivity contribution in [3.05, 3.63) is 29.8 Å². The molecule has 2 heteroatoms. The Morgan fingerprint density at radius 1 is 1.40 bits per heavy atom. The Labute approximate surface area is 90.3 Å². The number of ether oxygens (including phenoxy) is 1. The summed E-state index contributed by atoms with van der Waals surface area (Å²) in [6.07, 6.45) is 3.69. The second-order valence-corrected chi connectivity index (χ2v) is 4.07. The zero-order chi connectivity index (χ0) is 10.7. The van der Waals surface area contributed by atoms with Gasteiger partial charge in [-0.15, -0.1) is 0 Å². The Bertz CT molecular complexity index is 357. The molecule has 0 aliphatic heterocycles. The summed E-state index contributed by atoms with van der Waals surface area (Å²) in [5.41, 5.74) is 1.15. The van der Waals surface area contributed by atoms with Crippen LogP contribution >= 0.6 is 0 Å². The van der Waals surface area contributed by atoms with E-state index < -0.39 is 0 Å². The van der Waals surface area contributed by atoms with E-state index in [1.807, 2.05) is 24.3 Å². The number of ketones is 1. The Balaban J connectivity index is 2.12. The zero-order valence-electron chi connectivity index (χ0n) is 9.03. The van der Waals surface area contributed by atoms with Crippen LogP contribution in [-0.4, -0.2) is 12.9 Å². The summed E-state index contributed by atoms with van der Waals surface area (Å²) >= 11 is 0. The molecular formula is C13H16O2. The predicted molar refractivity (Wildman–Crippen MR) is 59.0 cm³/mol. The highest BCUT2D eigenvalue weighted by atomic mass is 16.5. The van der Waals surface area contributed by atoms with Gasteiger partial charge in [0.1, 0.15) is 11.5 Å². The van der Waals surface area contributed by atoms with E-state index >= 15 is 0 Å². The molecule has 0 radical (unpaired) electrons. The molecule has 15 heavy (non-hydrogen) atoms. The molecule has 2 nitrogen and oxygen atoms in total. The highest BCUT2D eigenvalue weighted by molar-refractivity contribution is 5.83. The molecule has 1 aliphatic rings. The molecule has 0 amide bonds. The molecule has 0 bridgehead atoms. The quantitative estimate of drug-likeness (QED) is 0.756. The minimum absolute atomic E-state index is 0.223. The van der Waals surface area contributed by atoms with Crippen LogP contribution in [0.15, 0.2) is 24.3 Å². The average Bonchev–Trinajstić information content (AvgIpc) is 2.65. The molecule has 0 spiro atoms. The Morgan fingerprint density at radius 2 is 2.20 bits per heavy atom. The normalized spacial score (nSPS) is 20.6. The molecule has 80 valence electrons. The molecule has 1 aliphatic carbocycles. The Hall–Kier alpha value is -1.31. The van der Waals surface area contributed by atoms with Crippen molar-refractivity contribution >= 4 is 5.78 Å². The maximum Gasteiger partial charge on any atom is 0.136 e. The van der Waals surface area contributed by atoms with Gasteiger partial charge in [0, 0.05) is 12.3 Å². The SMILES string of the molecule is COc1ccccc1C[C@H]1CCCC1=O. The van der Waals surface area contributed by atoms with Gasteiger partial charge < -0.3 is 4.74 Å². The van der Waals surface area contributed by atoms with E-state index in [0.29, 0.717) is 5.78 Å². The minimum Gasteiger partial charge on any atom is -0.496 e. The number of rotatable bonds is 3. The van der Waals surface area contributed by atoms with Gasteiger partial charge in [-0.05, 0) is 30.9 Å². The predicted octanol–water partition coefficient (Wildman–Crippen LogP) is 2.61. The van der Waals surface area contributed by atoms with Gasteiger partial charge >= 0.3 is 0 Å². The third-order valence-electron chi connectivity index (χ3n) is 3.09. The number of carbonyl (C=O) groups excluding carboxylic acids is 1. The van der Waals surface area contributed by atoms with Crippen LogP contribution in [0, 0.1) is 5.92 Å². The first-order valence-corrected chi connectivity index (χ1v) is 5.46. The molecule has 1 aromatic carbocycles. The summed E-state index contributed by atoms with van der Waals surface area (Å²) in [4.78, 5) is 11.5. The fourth-order valence-electron chi connectivity index (χ4n) is 2.24. The van der Waals surface area contributed by atoms with Crippen molar-refractivity contribution in [1.82, 2.24) is 0 Å². The van der Waals surface area contributed by atoms with Crippen molar-refractivity contribution in [1.29, 1.82) is 0 Å². The second kappa shape index (κ2) is 4.47. The molecule has 0 unspecified atom stereocenters. The van der Waals surface area contributed by atoms with Gasteiger partial charge in [0.25, 0.3) is 0 Å². The second-order valence-electron chi connectivity index (χ2n) is 4.07. The van der Waals surface area contributed by atoms with Crippen LogP contribution in [0.5, 0.6) is 5.75 Å². The summed E-state index contributed by atoms with van der Waals surface area (Å²) in [6, 6.07) is 7.95. The first-order chi connectivity index (χ1) is 7.31. The lowest BCUT2D eigenvalue weighted by atomic mass is 9.97. The third kappa shape index (κ3) is 2.20. The van der Waals surface area contributed by atoms with E-state index in [9.17, 15) is 4.79 Å². The van der Waals surface area contributed by atoms with Crippen molar-refractivity contribution in [2.75, 3.05) is 7.11 Å². The van der Waals surface area contributed by atoms with Crippen molar-refractivity contribution in [3.8, 4) is 5.75 Å². The lowest BCUT2D eigenvalue weighted by Crippen LogP contribution is -2.10. The highest BCUT2D eigenvalue weighted by Gasteiger charge is 2.25. The number of benzene rings is 1. The lowest BCUT2D eigenvalue weighted by Gasteiger charge is -2.11. The first kappa shape index (κ1) is 10.2. The van der Waals surface area contributed by atoms with Gasteiger partial charge in [0.05, 0.1) is 7.11 Å². The van der Waals surface area contributed by atoms with Crippen molar-refractivity contribution in [3.63, 3.8) is 0 Å². The van der Waals surface area contributed by atoms with E-state index in [0.717, 1.165) is 37.0 Å². The lowest BCUT2D eigenvalue weighted by molar-refractivity contribution is -0.120. The third-order valence-corrected chi connectivity index (χ3v) is 3.09. The minimum atomic E-state index is 0.223. The summed E-state index contributed by atoms with van der Waals surface area (Å²) < 4.78 is 5.28. The zero-order valence-corrected chi connectivity index (χ0v) is 9.03. The number of hydrogen-bond acceptors (Lipinski definition) is 2. The highest BCUT2D eigenvalue weighted by Crippen LogP contribution is 2.28. The van der Waals surface area contributed by atoms with Crippen LogP contribution in [0.25, 0.3) is 0 Å². The molecular weight excluding hydrogens is 188 g/mol. The number of hydrogen-bond donors (Lipinski definition) is 0. The van der Waals surface area contributed by atoms with Crippen LogP contribution in [0.1, 0.15) is 24.8 Å². The summed E-state index contributed by atoms with van der Waals surface area (Å²) in [5, 5.41) is 0. The molecule has 1 aromatic rings. The molecule has 0 aromatic heterocycles. The van der Waals surface area contributed by atoms with Gasteiger partial charge in [-0.2, -0.15) is 0 Å². The van der Waals surface area contributed by atoms with Gasteiger partial charge in [-0.1, -0.05) is 18.2 Å². The molecule has 1 atom stereocenters. The van der Waals surface area contributed by atoms with E-state index in [1.54, 1.807) is 7.11 Å². The van der Waals surface area contributed by atoms with Crippen LogP contribution in [-0.2, 0) is 11.2 Å². The Morgan fingerprint density at radius 3 is 2.87 bits per heavy atom. The first-order valence-electron chi connectivity index (χ1n) is 5.46. The van der Waals surface area contributed by atoms with E-state index in [4.69, 9.17) is 4.74 Å². The van der Waals surface area contributed by atoms with E-state index in [-0.39, 0.29) is 5.92 Å². The van der Waals surface area contributed by atoms with Crippen molar-refractivity contribution in [2.45, 2.75) is 25.7 Å². The molecule has 1 fully saturated rings. The van der Waals surface area contributed by atoms with Crippen molar-refractivity contribution < 1.29 is 9.53 Å². The molecule has 0 saturated heterocycles. The van der Waals surface area contributed by atoms with Crippen molar-refractivity contribution in [2.24, 2.45) is 5.92 Å². The maximum absolute atomic E-state index is 11.5. The maximum atomic E-state index is 11.5.